The summed E-state index contributed by atoms with van der Waals surface area (Å²) in [5.41, 5.74) is 4.32. The molecule has 2 heterocycles. The summed E-state index contributed by atoms with van der Waals surface area (Å²) in [7, 11) is 5.69. The highest BCUT2D eigenvalue weighted by Crippen LogP contribution is 2.43. The minimum Gasteiger partial charge on any atom is -0.504 e. The van der Waals surface area contributed by atoms with Gasteiger partial charge < -0.3 is 28.8 Å². The number of aromatic nitrogens is 2. The summed E-state index contributed by atoms with van der Waals surface area (Å²) in [6.07, 6.45) is 0. The van der Waals surface area contributed by atoms with Gasteiger partial charge in [0.25, 0.3) is 0 Å². The van der Waals surface area contributed by atoms with Crippen molar-refractivity contribution >= 4 is 55.0 Å². The number of esters is 2. The molecule has 0 saturated heterocycles. The molecule has 10 nitrogen and oxygen atoms in total. The van der Waals surface area contributed by atoms with E-state index in [1.807, 2.05) is 78.9 Å². The van der Waals surface area contributed by atoms with Gasteiger partial charge in [-0.2, -0.15) is 0 Å². The third-order valence-corrected chi connectivity index (χ3v) is 9.87. The van der Waals surface area contributed by atoms with Crippen LogP contribution in [0.25, 0.3) is 41.6 Å². The van der Waals surface area contributed by atoms with Crippen molar-refractivity contribution in [3.8, 4) is 44.1 Å². The van der Waals surface area contributed by atoms with Crippen LogP contribution in [0.4, 0.5) is 0 Å². The quantitative estimate of drug-likeness (QED) is 0.145. The predicted octanol–water partition coefficient (Wildman–Crippen LogP) is 8.80. The van der Waals surface area contributed by atoms with Gasteiger partial charge in [0.1, 0.15) is 16.6 Å². The molecular formula is C39H32N2O8S2. The average molecular weight is 721 g/mol. The van der Waals surface area contributed by atoms with Crippen LogP contribution < -0.4 is 14.2 Å². The van der Waals surface area contributed by atoms with E-state index in [1.54, 1.807) is 25.3 Å². The zero-order valence-electron chi connectivity index (χ0n) is 28.0. The van der Waals surface area contributed by atoms with Crippen LogP contribution >= 0.6 is 22.7 Å². The van der Waals surface area contributed by atoms with Gasteiger partial charge in [0.05, 0.1) is 65.6 Å². The van der Waals surface area contributed by atoms with E-state index < -0.39 is 11.9 Å². The average Bonchev–Trinajstić information content (AvgIpc) is 3.81. The number of carbonyl (C=O) groups is 2. The van der Waals surface area contributed by atoms with Crippen LogP contribution in [0.5, 0.6) is 23.0 Å². The van der Waals surface area contributed by atoms with Crippen LogP contribution in [0.3, 0.4) is 0 Å². The molecule has 0 aliphatic carbocycles. The molecule has 7 rings (SSSR count). The van der Waals surface area contributed by atoms with Crippen molar-refractivity contribution in [2.75, 3.05) is 28.4 Å². The molecule has 2 aromatic heterocycles. The molecule has 51 heavy (non-hydrogen) atoms. The molecule has 0 atom stereocenters. The van der Waals surface area contributed by atoms with Crippen molar-refractivity contribution in [3.05, 3.63) is 120 Å². The minimum absolute atomic E-state index is 0.121. The monoisotopic (exact) mass is 720 g/mol. The Labute approximate surface area is 301 Å². The highest BCUT2D eigenvalue weighted by atomic mass is 32.1. The predicted molar refractivity (Wildman–Crippen MR) is 198 cm³/mol. The Morgan fingerprint density at radius 3 is 1.80 bits per heavy atom. The largest absolute Gasteiger partial charge is 0.504 e. The third-order valence-electron chi connectivity index (χ3n) is 7.74. The maximum Gasteiger partial charge on any atom is 0.338 e. The first-order valence-electron chi connectivity index (χ1n) is 15.5. The SMILES string of the molecule is COC(=O)c1cc(OCc2ccccc2)c(OC)cc1-c1nc2ccccc2s1.COC(=O)c1ccc(OC)c(O)c1-c1nc2ccccc2s1. The van der Waals surface area contributed by atoms with Crippen LogP contribution in [0.1, 0.15) is 26.3 Å². The molecule has 0 radical (unpaired) electrons. The number of fused-ring (bicyclic) bond motifs is 2. The van der Waals surface area contributed by atoms with Gasteiger partial charge in [0.15, 0.2) is 23.0 Å². The number of rotatable bonds is 9. The Balaban J connectivity index is 0.000000183. The zero-order valence-corrected chi connectivity index (χ0v) is 29.7. The molecule has 0 aliphatic heterocycles. The van der Waals surface area contributed by atoms with E-state index in [1.165, 1.54) is 50.1 Å². The van der Waals surface area contributed by atoms with E-state index in [4.69, 9.17) is 23.7 Å². The van der Waals surface area contributed by atoms with Crippen molar-refractivity contribution in [2.24, 2.45) is 0 Å². The number of carbonyl (C=O) groups excluding carboxylic acids is 2. The number of hydrogen-bond donors (Lipinski definition) is 1. The topological polar surface area (TPSA) is 126 Å². The Morgan fingerprint density at radius 1 is 0.627 bits per heavy atom. The minimum atomic E-state index is -0.535. The van der Waals surface area contributed by atoms with Crippen molar-refractivity contribution in [3.63, 3.8) is 0 Å². The van der Waals surface area contributed by atoms with E-state index in [-0.39, 0.29) is 17.1 Å². The van der Waals surface area contributed by atoms with E-state index in [9.17, 15) is 14.7 Å². The van der Waals surface area contributed by atoms with Gasteiger partial charge in [-0.1, -0.05) is 54.6 Å². The second kappa shape index (κ2) is 15.7. The molecule has 0 bridgehead atoms. The highest BCUT2D eigenvalue weighted by Gasteiger charge is 2.24. The smallest absolute Gasteiger partial charge is 0.338 e. The van der Waals surface area contributed by atoms with Crippen LogP contribution in [-0.2, 0) is 16.1 Å². The Hall–Kier alpha value is -5.98. The molecule has 1 N–H and O–H groups in total. The second-order valence-electron chi connectivity index (χ2n) is 10.8. The Bertz CT molecular complexity index is 2270. The molecule has 5 aromatic carbocycles. The number of ether oxygens (including phenoxy) is 5. The Kier molecular flexibility index (Phi) is 10.7. The number of aromatic hydroxyl groups is 1. The van der Waals surface area contributed by atoms with Gasteiger partial charge in [-0.3, -0.25) is 0 Å². The molecular weight excluding hydrogens is 689 g/mol. The number of hydrogen-bond acceptors (Lipinski definition) is 12. The maximum absolute atomic E-state index is 12.5. The highest BCUT2D eigenvalue weighted by molar-refractivity contribution is 7.22. The van der Waals surface area contributed by atoms with Crippen molar-refractivity contribution in [1.82, 2.24) is 9.97 Å². The summed E-state index contributed by atoms with van der Waals surface area (Å²) in [4.78, 5) is 33.6. The fraction of sp³-hybridized carbons (Fsp3) is 0.128. The fourth-order valence-electron chi connectivity index (χ4n) is 5.22. The number of thiazole rings is 2. The second-order valence-corrected chi connectivity index (χ2v) is 12.9. The Morgan fingerprint density at radius 2 is 1.20 bits per heavy atom. The number of methoxy groups -OCH3 is 4. The summed E-state index contributed by atoms with van der Waals surface area (Å²) in [6.45, 7) is 0.359. The van der Waals surface area contributed by atoms with Crippen LogP contribution in [-0.4, -0.2) is 55.5 Å². The molecule has 0 saturated carbocycles. The molecule has 0 amide bonds. The first-order valence-corrected chi connectivity index (χ1v) is 17.2. The molecule has 0 spiro atoms. The van der Waals surface area contributed by atoms with Crippen molar-refractivity contribution < 1.29 is 38.4 Å². The number of phenolic OH excluding ortho intramolecular Hbond substituents is 1. The first-order chi connectivity index (χ1) is 24.8. The number of benzene rings is 5. The van der Waals surface area contributed by atoms with Gasteiger partial charge in [-0.15, -0.1) is 22.7 Å². The summed E-state index contributed by atoms with van der Waals surface area (Å²) < 4.78 is 28.4. The van der Waals surface area contributed by atoms with Crippen molar-refractivity contribution in [1.29, 1.82) is 0 Å². The number of para-hydroxylation sites is 2. The van der Waals surface area contributed by atoms with E-state index in [0.717, 1.165) is 31.0 Å². The van der Waals surface area contributed by atoms with Gasteiger partial charge >= 0.3 is 11.9 Å². The summed E-state index contributed by atoms with van der Waals surface area (Å²) >= 11 is 2.90. The van der Waals surface area contributed by atoms with Gasteiger partial charge in [-0.05, 0) is 54.1 Å². The van der Waals surface area contributed by atoms with E-state index in [2.05, 4.69) is 9.97 Å². The number of nitrogens with zero attached hydrogens (tertiary/aromatic N) is 2. The zero-order chi connectivity index (χ0) is 35.9. The lowest BCUT2D eigenvalue weighted by Crippen LogP contribution is -2.06. The van der Waals surface area contributed by atoms with Gasteiger partial charge in [-0.25, -0.2) is 19.6 Å². The maximum atomic E-state index is 12.5. The van der Waals surface area contributed by atoms with Gasteiger partial charge in [0.2, 0.25) is 0 Å². The summed E-state index contributed by atoms with van der Waals surface area (Å²) in [5.74, 6) is 0.175. The lowest BCUT2D eigenvalue weighted by molar-refractivity contribution is 0.0592. The van der Waals surface area contributed by atoms with Crippen LogP contribution in [0.15, 0.2) is 103 Å². The lowest BCUT2D eigenvalue weighted by atomic mass is 10.1. The molecule has 0 fully saturated rings. The van der Waals surface area contributed by atoms with Crippen LogP contribution in [0, 0.1) is 0 Å². The van der Waals surface area contributed by atoms with Gasteiger partial charge in [0, 0.05) is 5.56 Å². The van der Waals surface area contributed by atoms with Crippen LogP contribution in [0.2, 0.25) is 0 Å². The number of phenols is 1. The van der Waals surface area contributed by atoms with Crippen molar-refractivity contribution in [2.45, 2.75) is 6.61 Å². The normalized spacial score (nSPS) is 10.7. The molecule has 7 aromatic rings. The summed E-state index contributed by atoms with van der Waals surface area (Å²) in [6, 6.07) is 31.8. The summed E-state index contributed by atoms with van der Waals surface area (Å²) in [5, 5.41) is 11.7. The standard InChI is InChI=1S/C23H19NO4S.C16H13NO4S/c1-26-19-12-16(22-24-18-10-6-7-11-21(18)29-22)17(23(25)27-2)13-20(19)28-14-15-8-4-3-5-9-15;1-20-11-8-7-9(16(19)21-2)13(14(11)18)15-17-10-5-3-4-6-12(10)22-15/h3-13H,14H2,1-2H3;3-8,18H,1-2H3. The van der Waals surface area contributed by atoms with E-state index in [0.29, 0.717) is 39.8 Å². The molecule has 0 unspecified atom stereocenters. The first kappa shape index (κ1) is 34.9. The molecule has 12 heteroatoms. The fourth-order valence-corrected chi connectivity index (χ4v) is 7.25. The lowest BCUT2D eigenvalue weighted by Gasteiger charge is -2.14. The van der Waals surface area contributed by atoms with E-state index >= 15 is 0 Å². The molecule has 258 valence electrons. The molecule has 0 aliphatic rings. The third kappa shape index (κ3) is 7.47.